The van der Waals surface area contributed by atoms with Crippen molar-refractivity contribution in [3.05, 3.63) is 29.3 Å². The number of carbonyl (C=O) groups excluding carboxylic acids is 3. The second-order valence-corrected chi connectivity index (χ2v) is 4.57. The van der Waals surface area contributed by atoms with Gasteiger partial charge in [-0.25, -0.2) is 0 Å². The van der Waals surface area contributed by atoms with Crippen LogP contribution in [0.2, 0.25) is 0 Å². The van der Waals surface area contributed by atoms with Gasteiger partial charge in [0.25, 0.3) is 11.8 Å². The number of hydrogen-bond donors (Lipinski definition) is 1. The smallest absolute Gasteiger partial charge is 0.261 e. The van der Waals surface area contributed by atoms with Crippen molar-refractivity contribution in [1.29, 1.82) is 0 Å². The van der Waals surface area contributed by atoms with E-state index in [1.165, 1.54) is 7.05 Å². The second kappa shape index (κ2) is 4.25. The molecule has 0 aromatic heterocycles. The van der Waals surface area contributed by atoms with Gasteiger partial charge in [-0.05, 0) is 18.2 Å². The third-order valence-electron chi connectivity index (χ3n) is 2.88. The summed E-state index contributed by atoms with van der Waals surface area (Å²) in [4.78, 5) is 36.1. The lowest BCUT2D eigenvalue weighted by Gasteiger charge is -2.08. The molecular formula is C13H14N2O3. The first-order valence-corrected chi connectivity index (χ1v) is 5.69. The molecule has 0 atom stereocenters. The monoisotopic (exact) mass is 246 g/mol. The number of nitrogens with zero attached hydrogens (tertiary/aromatic N) is 1. The SMILES string of the molecule is CC(C)C(=O)Nc1ccc2c(c1)C(=O)N(C)C2=O. The molecule has 0 fully saturated rings. The topological polar surface area (TPSA) is 66.5 Å². The van der Waals surface area contributed by atoms with Crippen molar-refractivity contribution in [1.82, 2.24) is 4.90 Å². The van der Waals surface area contributed by atoms with Gasteiger partial charge in [-0.3, -0.25) is 19.3 Å². The van der Waals surface area contributed by atoms with Gasteiger partial charge in [-0.2, -0.15) is 0 Å². The number of benzene rings is 1. The molecule has 0 radical (unpaired) electrons. The number of fused-ring (bicyclic) bond motifs is 1. The highest BCUT2D eigenvalue weighted by Gasteiger charge is 2.32. The molecule has 3 amide bonds. The molecule has 1 N–H and O–H groups in total. The van der Waals surface area contributed by atoms with E-state index in [-0.39, 0.29) is 23.6 Å². The van der Waals surface area contributed by atoms with Crippen molar-refractivity contribution in [2.24, 2.45) is 5.92 Å². The Balaban J connectivity index is 2.32. The maximum Gasteiger partial charge on any atom is 0.261 e. The molecule has 5 heteroatoms. The summed E-state index contributed by atoms with van der Waals surface area (Å²) in [5.74, 6) is -0.911. The van der Waals surface area contributed by atoms with Crippen LogP contribution in [0.1, 0.15) is 34.6 Å². The van der Waals surface area contributed by atoms with Crippen LogP contribution >= 0.6 is 0 Å². The molecule has 1 aliphatic heterocycles. The molecule has 18 heavy (non-hydrogen) atoms. The molecule has 0 aliphatic carbocycles. The second-order valence-electron chi connectivity index (χ2n) is 4.57. The highest BCUT2D eigenvalue weighted by atomic mass is 16.2. The number of carbonyl (C=O) groups is 3. The first kappa shape index (κ1) is 12.3. The van der Waals surface area contributed by atoms with Crippen LogP contribution in [-0.2, 0) is 4.79 Å². The number of hydrogen-bond acceptors (Lipinski definition) is 3. The first-order chi connectivity index (χ1) is 8.41. The van der Waals surface area contributed by atoms with Gasteiger partial charge in [-0.1, -0.05) is 13.8 Å². The summed E-state index contributed by atoms with van der Waals surface area (Å²) < 4.78 is 0. The zero-order valence-electron chi connectivity index (χ0n) is 10.5. The molecule has 94 valence electrons. The van der Waals surface area contributed by atoms with Crippen molar-refractivity contribution >= 4 is 23.4 Å². The third-order valence-corrected chi connectivity index (χ3v) is 2.88. The number of amides is 3. The minimum absolute atomic E-state index is 0.125. The molecule has 1 aliphatic rings. The highest BCUT2D eigenvalue weighted by molar-refractivity contribution is 6.21. The Hall–Kier alpha value is -2.17. The molecule has 0 unspecified atom stereocenters. The van der Waals surface area contributed by atoms with E-state index < -0.39 is 0 Å². The van der Waals surface area contributed by atoms with Gasteiger partial charge in [-0.15, -0.1) is 0 Å². The molecule has 0 spiro atoms. The van der Waals surface area contributed by atoms with Crippen molar-refractivity contribution < 1.29 is 14.4 Å². The van der Waals surface area contributed by atoms with E-state index in [9.17, 15) is 14.4 Å². The molecule has 5 nitrogen and oxygen atoms in total. The van der Waals surface area contributed by atoms with Crippen LogP contribution < -0.4 is 5.32 Å². The largest absolute Gasteiger partial charge is 0.326 e. The van der Waals surface area contributed by atoms with Crippen LogP contribution in [0.25, 0.3) is 0 Å². The van der Waals surface area contributed by atoms with Crippen LogP contribution in [-0.4, -0.2) is 29.7 Å². The fourth-order valence-corrected chi connectivity index (χ4v) is 1.73. The van der Waals surface area contributed by atoms with Crippen molar-refractivity contribution in [3.8, 4) is 0 Å². The van der Waals surface area contributed by atoms with E-state index in [0.29, 0.717) is 16.8 Å². The van der Waals surface area contributed by atoms with Crippen LogP contribution in [0.15, 0.2) is 18.2 Å². The lowest BCUT2D eigenvalue weighted by molar-refractivity contribution is -0.118. The number of rotatable bonds is 2. The Morgan fingerprint density at radius 2 is 1.78 bits per heavy atom. The van der Waals surface area contributed by atoms with Gasteiger partial charge in [0.1, 0.15) is 0 Å². The van der Waals surface area contributed by atoms with Crippen molar-refractivity contribution in [3.63, 3.8) is 0 Å². The zero-order valence-corrected chi connectivity index (χ0v) is 10.5. The van der Waals surface area contributed by atoms with Gasteiger partial charge in [0.2, 0.25) is 5.91 Å². The summed E-state index contributed by atoms with van der Waals surface area (Å²) in [6, 6.07) is 4.73. The third kappa shape index (κ3) is 1.88. The first-order valence-electron chi connectivity index (χ1n) is 5.69. The van der Waals surface area contributed by atoms with Crippen LogP contribution in [0.4, 0.5) is 5.69 Å². The van der Waals surface area contributed by atoms with E-state index in [0.717, 1.165) is 4.90 Å². The maximum absolute atomic E-state index is 11.8. The minimum Gasteiger partial charge on any atom is -0.326 e. The van der Waals surface area contributed by atoms with Crippen LogP contribution in [0.5, 0.6) is 0 Å². The quantitative estimate of drug-likeness (QED) is 0.804. The predicted molar refractivity (Wildman–Crippen MR) is 66.3 cm³/mol. The van der Waals surface area contributed by atoms with Crippen molar-refractivity contribution in [2.45, 2.75) is 13.8 Å². The lowest BCUT2D eigenvalue weighted by Crippen LogP contribution is -2.24. The molecular weight excluding hydrogens is 232 g/mol. The van der Waals surface area contributed by atoms with Gasteiger partial charge >= 0.3 is 0 Å². The maximum atomic E-state index is 11.8. The fraction of sp³-hybridized carbons (Fsp3) is 0.308. The Labute approximate surface area is 105 Å². The number of imide groups is 1. The fourth-order valence-electron chi connectivity index (χ4n) is 1.73. The Morgan fingerprint density at radius 1 is 1.17 bits per heavy atom. The van der Waals surface area contributed by atoms with E-state index in [1.54, 1.807) is 32.0 Å². The van der Waals surface area contributed by atoms with Gasteiger partial charge in [0.15, 0.2) is 0 Å². The lowest BCUT2D eigenvalue weighted by atomic mass is 10.1. The van der Waals surface area contributed by atoms with Crippen LogP contribution in [0, 0.1) is 5.92 Å². The zero-order chi connectivity index (χ0) is 13.4. The summed E-state index contributed by atoms with van der Waals surface area (Å²) in [6.07, 6.45) is 0. The molecule has 0 saturated carbocycles. The van der Waals surface area contributed by atoms with Crippen molar-refractivity contribution in [2.75, 3.05) is 12.4 Å². The summed E-state index contributed by atoms with van der Waals surface area (Å²) in [7, 11) is 1.44. The van der Waals surface area contributed by atoms with Gasteiger partial charge in [0, 0.05) is 18.7 Å². The van der Waals surface area contributed by atoms with E-state index in [1.807, 2.05) is 0 Å². The summed E-state index contributed by atoms with van der Waals surface area (Å²) in [5.41, 5.74) is 1.25. The van der Waals surface area contributed by atoms with Gasteiger partial charge < -0.3 is 5.32 Å². The normalized spacial score (nSPS) is 14.1. The summed E-state index contributed by atoms with van der Waals surface area (Å²) in [5, 5.41) is 2.70. The predicted octanol–water partition coefficient (Wildman–Crippen LogP) is 1.51. The Bertz CT molecular complexity index is 549. The van der Waals surface area contributed by atoms with E-state index >= 15 is 0 Å². The molecule has 0 bridgehead atoms. The Kier molecular flexibility index (Phi) is 2.90. The standard InChI is InChI=1S/C13H14N2O3/c1-7(2)11(16)14-8-4-5-9-10(6-8)13(18)15(3)12(9)17/h4-7H,1-3H3,(H,14,16). The molecule has 1 aromatic carbocycles. The van der Waals surface area contributed by atoms with Crippen LogP contribution in [0.3, 0.4) is 0 Å². The van der Waals surface area contributed by atoms with E-state index in [4.69, 9.17) is 0 Å². The average Bonchev–Trinajstić information content (AvgIpc) is 2.54. The molecule has 1 aromatic rings. The molecule has 2 rings (SSSR count). The summed E-state index contributed by atoms with van der Waals surface area (Å²) in [6.45, 7) is 3.57. The molecule has 0 saturated heterocycles. The number of nitrogens with one attached hydrogen (secondary N) is 1. The molecule has 1 heterocycles. The summed E-state index contributed by atoms with van der Waals surface area (Å²) >= 11 is 0. The van der Waals surface area contributed by atoms with Gasteiger partial charge in [0.05, 0.1) is 11.1 Å². The minimum atomic E-state index is -0.337. The average molecular weight is 246 g/mol. The number of anilines is 1. The van der Waals surface area contributed by atoms with E-state index in [2.05, 4.69) is 5.32 Å². The highest BCUT2D eigenvalue weighted by Crippen LogP contribution is 2.24. The Morgan fingerprint density at radius 3 is 2.39 bits per heavy atom.